The predicted molar refractivity (Wildman–Crippen MR) is 52.8 cm³/mol. The molecule has 0 aromatic carbocycles. The Bertz CT molecular complexity index is 200. The Balaban J connectivity index is 2.72. The van der Waals surface area contributed by atoms with Gasteiger partial charge in [0.25, 0.3) is 0 Å². The first-order chi connectivity index (χ1) is 6.13. The van der Waals surface area contributed by atoms with Crippen molar-refractivity contribution in [3.8, 4) is 0 Å². The van der Waals surface area contributed by atoms with E-state index in [1.54, 1.807) is 0 Å². The van der Waals surface area contributed by atoms with Gasteiger partial charge in [-0.25, -0.2) is 4.79 Å². The molecule has 0 radical (unpaired) electrons. The highest BCUT2D eigenvalue weighted by Gasteiger charge is 2.26. The van der Waals surface area contributed by atoms with E-state index in [2.05, 4.69) is 5.32 Å². The molecule has 13 heavy (non-hydrogen) atoms. The number of carbonyl (C=O) groups is 1. The molecule has 0 aromatic rings. The van der Waals surface area contributed by atoms with Crippen molar-refractivity contribution in [1.29, 1.82) is 0 Å². The highest BCUT2D eigenvalue weighted by atomic mass is 32.1. The lowest BCUT2D eigenvalue weighted by Gasteiger charge is -2.25. The van der Waals surface area contributed by atoms with Gasteiger partial charge in [0.15, 0.2) is 0 Å². The van der Waals surface area contributed by atoms with E-state index < -0.39 is 6.09 Å². The second-order valence-electron chi connectivity index (χ2n) is 2.95. The summed E-state index contributed by atoms with van der Waals surface area (Å²) >= 11 is 4.80. The number of nitrogens with zero attached hydrogens (tertiary/aromatic N) is 1. The second kappa shape index (κ2) is 4.38. The molecule has 1 fully saturated rings. The molecule has 1 aliphatic rings. The second-order valence-corrected chi connectivity index (χ2v) is 3.42. The third kappa shape index (κ3) is 2.53. The summed E-state index contributed by atoms with van der Waals surface area (Å²) in [7, 11) is 0. The first kappa shape index (κ1) is 10.2. The number of hydrogen-bond acceptors (Lipinski definition) is 3. The topological polar surface area (TPSA) is 78.6 Å². The molecule has 1 atom stereocenters. The van der Waals surface area contributed by atoms with Crippen molar-refractivity contribution in [3.05, 3.63) is 0 Å². The first-order valence-electron chi connectivity index (χ1n) is 4.12. The van der Waals surface area contributed by atoms with Crippen LogP contribution >= 0.6 is 12.2 Å². The summed E-state index contributed by atoms with van der Waals surface area (Å²) in [5.74, 6) is 0. The molecule has 1 saturated heterocycles. The first-order valence-corrected chi connectivity index (χ1v) is 4.53. The van der Waals surface area contributed by atoms with Gasteiger partial charge in [0.2, 0.25) is 0 Å². The normalized spacial score (nSPS) is 23.7. The van der Waals surface area contributed by atoms with Crippen molar-refractivity contribution in [2.45, 2.75) is 12.5 Å². The van der Waals surface area contributed by atoms with Crippen molar-refractivity contribution in [2.24, 2.45) is 5.73 Å². The monoisotopic (exact) mass is 203 g/mol. The van der Waals surface area contributed by atoms with Gasteiger partial charge in [-0.05, 0) is 13.0 Å². The van der Waals surface area contributed by atoms with Crippen molar-refractivity contribution in [1.82, 2.24) is 10.2 Å². The molecular formula is C7H13N3O2S. The fourth-order valence-electron chi connectivity index (χ4n) is 1.36. The standard InChI is InChI=1S/C7H13N3O2S/c8-6(13)5-4-9-2-1-3-10(5)7(11)12/h5,9H,1-4H2,(H2,8,13)(H,11,12). The van der Waals surface area contributed by atoms with E-state index in [4.69, 9.17) is 23.1 Å². The third-order valence-electron chi connectivity index (χ3n) is 2.04. The molecule has 6 heteroatoms. The predicted octanol–water partition coefficient (Wildman–Crippen LogP) is -0.386. The van der Waals surface area contributed by atoms with Crippen molar-refractivity contribution in [2.75, 3.05) is 19.6 Å². The number of nitrogens with one attached hydrogen (secondary N) is 1. The van der Waals surface area contributed by atoms with Crippen LogP contribution in [-0.4, -0.2) is 46.8 Å². The highest BCUT2D eigenvalue weighted by Crippen LogP contribution is 2.04. The number of nitrogens with two attached hydrogens (primary N) is 1. The Hall–Kier alpha value is -0.880. The van der Waals surface area contributed by atoms with Crippen LogP contribution in [0.2, 0.25) is 0 Å². The molecule has 1 heterocycles. The molecule has 0 aromatic heterocycles. The molecule has 74 valence electrons. The summed E-state index contributed by atoms with van der Waals surface area (Å²) < 4.78 is 0. The maximum Gasteiger partial charge on any atom is 0.407 e. The molecular weight excluding hydrogens is 190 g/mol. The average molecular weight is 203 g/mol. The van der Waals surface area contributed by atoms with Gasteiger partial charge < -0.3 is 16.2 Å². The zero-order valence-electron chi connectivity index (χ0n) is 7.19. The molecule has 0 aliphatic carbocycles. The van der Waals surface area contributed by atoms with Crippen LogP contribution in [0.4, 0.5) is 4.79 Å². The van der Waals surface area contributed by atoms with Crippen LogP contribution in [0.3, 0.4) is 0 Å². The molecule has 1 amide bonds. The Labute approximate surface area is 81.9 Å². The van der Waals surface area contributed by atoms with Gasteiger partial charge in [-0.3, -0.25) is 4.90 Å². The van der Waals surface area contributed by atoms with Crippen LogP contribution in [0.5, 0.6) is 0 Å². The lowest BCUT2D eigenvalue weighted by atomic mass is 10.2. The number of carboxylic acid groups (broad SMARTS) is 1. The van der Waals surface area contributed by atoms with Crippen molar-refractivity contribution >= 4 is 23.3 Å². The largest absolute Gasteiger partial charge is 0.465 e. The Morgan fingerprint density at radius 3 is 2.92 bits per heavy atom. The summed E-state index contributed by atoms with van der Waals surface area (Å²) in [6, 6.07) is -0.366. The summed E-state index contributed by atoms with van der Waals surface area (Å²) in [6.45, 7) is 1.81. The highest BCUT2D eigenvalue weighted by molar-refractivity contribution is 7.80. The minimum atomic E-state index is -0.957. The van der Waals surface area contributed by atoms with Gasteiger partial charge in [0, 0.05) is 13.1 Å². The molecule has 1 rings (SSSR count). The van der Waals surface area contributed by atoms with Crippen molar-refractivity contribution in [3.63, 3.8) is 0 Å². The van der Waals surface area contributed by atoms with E-state index in [1.165, 1.54) is 4.90 Å². The van der Waals surface area contributed by atoms with Gasteiger partial charge in [-0.2, -0.15) is 0 Å². The molecule has 5 nitrogen and oxygen atoms in total. The fraction of sp³-hybridized carbons (Fsp3) is 0.714. The maximum absolute atomic E-state index is 10.8. The minimum Gasteiger partial charge on any atom is -0.465 e. The molecule has 1 aliphatic heterocycles. The van der Waals surface area contributed by atoms with Crippen LogP contribution in [0, 0.1) is 0 Å². The van der Waals surface area contributed by atoms with E-state index in [0.29, 0.717) is 13.1 Å². The zero-order valence-corrected chi connectivity index (χ0v) is 8.01. The Morgan fingerprint density at radius 2 is 2.38 bits per heavy atom. The fourth-order valence-corrected chi connectivity index (χ4v) is 1.57. The SMILES string of the molecule is NC(=S)C1CNCCCN1C(=O)O. The van der Waals surface area contributed by atoms with E-state index in [-0.39, 0.29) is 11.0 Å². The van der Waals surface area contributed by atoms with E-state index in [1.807, 2.05) is 0 Å². The van der Waals surface area contributed by atoms with Crippen LogP contribution in [0.25, 0.3) is 0 Å². The minimum absolute atomic E-state index is 0.233. The summed E-state index contributed by atoms with van der Waals surface area (Å²) in [6.07, 6.45) is -0.160. The zero-order chi connectivity index (χ0) is 9.84. The number of hydrogen-bond donors (Lipinski definition) is 3. The lowest BCUT2D eigenvalue weighted by Crippen LogP contribution is -2.49. The molecule has 0 bridgehead atoms. The van der Waals surface area contributed by atoms with E-state index >= 15 is 0 Å². The quantitative estimate of drug-likeness (QED) is 0.506. The van der Waals surface area contributed by atoms with E-state index in [9.17, 15) is 4.79 Å². The van der Waals surface area contributed by atoms with Crippen molar-refractivity contribution < 1.29 is 9.90 Å². The van der Waals surface area contributed by atoms with Crippen LogP contribution in [0.1, 0.15) is 6.42 Å². The average Bonchev–Trinajstić information content (AvgIpc) is 2.27. The molecule has 4 N–H and O–H groups in total. The van der Waals surface area contributed by atoms with Gasteiger partial charge >= 0.3 is 6.09 Å². The number of thiocarbonyl (C=S) groups is 1. The Kier molecular flexibility index (Phi) is 3.44. The lowest BCUT2D eigenvalue weighted by molar-refractivity contribution is 0.140. The van der Waals surface area contributed by atoms with Gasteiger partial charge in [0.1, 0.15) is 0 Å². The summed E-state index contributed by atoms with van der Waals surface area (Å²) in [4.78, 5) is 12.3. The van der Waals surface area contributed by atoms with E-state index in [0.717, 1.165) is 13.0 Å². The summed E-state index contributed by atoms with van der Waals surface area (Å²) in [5, 5.41) is 12.0. The van der Waals surface area contributed by atoms with Gasteiger partial charge in [0.05, 0.1) is 11.0 Å². The van der Waals surface area contributed by atoms with Crippen LogP contribution < -0.4 is 11.1 Å². The number of amides is 1. The Morgan fingerprint density at radius 1 is 1.69 bits per heavy atom. The summed E-state index contributed by atoms with van der Waals surface area (Å²) in [5.41, 5.74) is 5.45. The number of rotatable bonds is 1. The third-order valence-corrected chi connectivity index (χ3v) is 2.31. The van der Waals surface area contributed by atoms with Crippen LogP contribution in [0.15, 0.2) is 0 Å². The van der Waals surface area contributed by atoms with Crippen LogP contribution in [-0.2, 0) is 0 Å². The maximum atomic E-state index is 10.8. The molecule has 0 saturated carbocycles. The van der Waals surface area contributed by atoms with Gasteiger partial charge in [-0.15, -0.1) is 0 Å². The molecule has 0 spiro atoms. The van der Waals surface area contributed by atoms with Gasteiger partial charge in [-0.1, -0.05) is 12.2 Å². The molecule has 1 unspecified atom stereocenters. The smallest absolute Gasteiger partial charge is 0.407 e.